The van der Waals surface area contributed by atoms with Gasteiger partial charge in [-0.25, -0.2) is 9.97 Å². The second-order valence-electron chi connectivity index (χ2n) is 7.03. The first-order chi connectivity index (χ1) is 15.2. The van der Waals surface area contributed by atoms with Gasteiger partial charge in [0.15, 0.2) is 5.82 Å². The molecule has 0 atom stereocenters. The fourth-order valence-electron chi connectivity index (χ4n) is 3.22. The summed E-state index contributed by atoms with van der Waals surface area (Å²) in [6.07, 6.45) is -2.87. The van der Waals surface area contributed by atoms with Crippen LogP contribution in [0.4, 0.5) is 18.9 Å². The number of halogens is 3. The third-order valence-corrected chi connectivity index (χ3v) is 4.73. The number of non-ortho nitro benzene ring substituents is 1. The van der Waals surface area contributed by atoms with Crippen molar-refractivity contribution >= 4 is 5.69 Å². The number of nitro benzene ring substituents is 1. The van der Waals surface area contributed by atoms with Crippen molar-refractivity contribution in [1.29, 1.82) is 0 Å². The van der Waals surface area contributed by atoms with E-state index in [2.05, 4.69) is 15.0 Å². The molecule has 0 radical (unpaired) electrons. The molecular formula is C23H15F3N4O2. The molecule has 0 saturated heterocycles. The Kier molecular flexibility index (Phi) is 5.40. The standard InChI is InChI=1S/C23H15F3N4O2/c1-14-11-17(15-5-7-18(8-6-15)23(24,25)26)13-21(28-14)20-9-10-27-22(29-20)16-3-2-4-19(12-16)30(31)32/h2-13H,1H3. The molecule has 0 aliphatic heterocycles. The van der Waals surface area contributed by atoms with Gasteiger partial charge in [0.2, 0.25) is 0 Å². The maximum atomic E-state index is 12.9. The Morgan fingerprint density at radius 2 is 1.59 bits per heavy atom. The number of rotatable bonds is 4. The van der Waals surface area contributed by atoms with Gasteiger partial charge in [0.25, 0.3) is 5.69 Å². The molecule has 4 aromatic rings. The van der Waals surface area contributed by atoms with Gasteiger partial charge in [-0.1, -0.05) is 24.3 Å². The molecule has 0 saturated carbocycles. The molecule has 2 heterocycles. The predicted octanol–water partition coefficient (Wildman–Crippen LogP) is 6.11. The maximum absolute atomic E-state index is 12.9. The van der Waals surface area contributed by atoms with E-state index in [9.17, 15) is 23.3 Å². The fourth-order valence-corrected chi connectivity index (χ4v) is 3.22. The number of hydrogen-bond donors (Lipinski definition) is 0. The van der Waals surface area contributed by atoms with E-state index >= 15 is 0 Å². The van der Waals surface area contributed by atoms with Crippen LogP contribution in [0.25, 0.3) is 33.9 Å². The second-order valence-corrected chi connectivity index (χ2v) is 7.03. The Hall–Kier alpha value is -4.14. The van der Waals surface area contributed by atoms with Crippen LogP contribution in [0.15, 0.2) is 72.9 Å². The SMILES string of the molecule is Cc1cc(-c2ccc(C(F)(F)F)cc2)cc(-c2ccnc(-c3cccc([N+](=O)[O-])c3)n2)n1. The predicted molar refractivity (Wildman–Crippen MR) is 113 cm³/mol. The lowest BCUT2D eigenvalue weighted by Crippen LogP contribution is -2.04. The van der Waals surface area contributed by atoms with E-state index in [1.165, 1.54) is 30.5 Å². The molecular weight excluding hydrogens is 421 g/mol. The quantitative estimate of drug-likeness (QED) is 0.285. The summed E-state index contributed by atoms with van der Waals surface area (Å²) in [6, 6.07) is 16.0. The van der Waals surface area contributed by atoms with Crippen LogP contribution in [0.1, 0.15) is 11.3 Å². The third kappa shape index (κ3) is 4.46. The molecule has 0 aliphatic rings. The average molecular weight is 436 g/mol. The van der Waals surface area contributed by atoms with E-state index in [4.69, 9.17) is 0 Å². The summed E-state index contributed by atoms with van der Waals surface area (Å²) in [7, 11) is 0. The van der Waals surface area contributed by atoms with Crippen LogP contribution >= 0.6 is 0 Å². The summed E-state index contributed by atoms with van der Waals surface area (Å²) in [6.45, 7) is 1.78. The maximum Gasteiger partial charge on any atom is 0.416 e. The Balaban J connectivity index is 1.72. The minimum Gasteiger partial charge on any atom is -0.258 e. The van der Waals surface area contributed by atoms with Crippen molar-refractivity contribution in [2.75, 3.05) is 0 Å². The number of aromatic nitrogens is 3. The summed E-state index contributed by atoms with van der Waals surface area (Å²) in [5.74, 6) is 0.297. The summed E-state index contributed by atoms with van der Waals surface area (Å²) in [5.41, 5.74) is 2.64. The zero-order chi connectivity index (χ0) is 22.9. The van der Waals surface area contributed by atoms with Crippen LogP contribution in [0.3, 0.4) is 0 Å². The monoisotopic (exact) mass is 436 g/mol. The molecule has 2 aromatic carbocycles. The van der Waals surface area contributed by atoms with Gasteiger partial charge in [-0.05, 0) is 48.4 Å². The zero-order valence-electron chi connectivity index (χ0n) is 16.7. The van der Waals surface area contributed by atoms with Gasteiger partial charge in [-0.2, -0.15) is 13.2 Å². The number of alkyl halides is 3. The number of aryl methyl sites for hydroxylation is 1. The molecule has 0 fully saturated rings. The first-order valence-corrected chi connectivity index (χ1v) is 9.45. The van der Waals surface area contributed by atoms with Crippen LogP contribution in [0.5, 0.6) is 0 Å². The first kappa shape index (κ1) is 21.1. The molecule has 160 valence electrons. The second kappa shape index (κ2) is 8.18. The summed E-state index contributed by atoms with van der Waals surface area (Å²) in [5, 5.41) is 11.1. The molecule has 4 rings (SSSR count). The van der Waals surface area contributed by atoms with E-state index in [1.807, 2.05) is 0 Å². The molecule has 32 heavy (non-hydrogen) atoms. The molecule has 0 N–H and O–H groups in total. The Labute approximate surface area is 180 Å². The van der Waals surface area contributed by atoms with Crippen molar-refractivity contribution < 1.29 is 18.1 Å². The fraction of sp³-hybridized carbons (Fsp3) is 0.0870. The number of nitro groups is 1. The molecule has 0 aliphatic carbocycles. The molecule has 9 heteroatoms. The summed E-state index contributed by atoms with van der Waals surface area (Å²) < 4.78 is 38.6. The van der Waals surface area contributed by atoms with Gasteiger partial charge in [0.1, 0.15) is 0 Å². The topological polar surface area (TPSA) is 81.8 Å². The largest absolute Gasteiger partial charge is 0.416 e. The van der Waals surface area contributed by atoms with Crippen LogP contribution < -0.4 is 0 Å². The van der Waals surface area contributed by atoms with Crippen LogP contribution in [0, 0.1) is 17.0 Å². The molecule has 6 nitrogen and oxygen atoms in total. The lowest BCUT2D eigenvalue weighted by molar-refractivity contribution is -0.384. The molecule has 0 amide bonds. The van der Waals surface area contributed by atoms with Crippen molar-refractivity contribution in [3.8, 4) is 33.9 Å². The van der Waals surface area contributed by atoms with E-state index in [0.29, 0.717) is 39.6 Å². The van der Waals surface area contributed by atoms with Crippen LogP contribution in [-0.4, -0.2) is 19.9 Å². The van der Waals surface area contributed by atoms with Crippen molar-refractivity contribution in [3.63, 3.8) is 0 Å². The highest BCUT2D eigenvalue weighted by molar-refractivity contribution is 5.71. The van der Waals surface area contributed by atoms with E-state index in [-0.39, 0.29) is 5.69 Å². The highest BCUT2D eigenvalue weighted by Crippen LogP contribution is 2.32. The van der Waals surface area contributed by atoms with E-state index in [1.54, 1.807) is 37.3 Å². The number of hydrogen-bond acceptors (Lipinski definition) is 5. The highest BCUT2D eigenvalue weighted by atomic mass is 19.4. The minimum atomic E-state index is -4.40. The van der Waals surface area contributed by atoms with Crippen molar-refractivity contribution in [3.05, 3.63) is 94.3 Å². The van der Waals surface area contributed by atoms with Gasteiger partial charge in [-0.15, -0.1) is 0 Å². The number of benzene rings is 2. The van der Waals surface area contributed by atoms with Gasteiger partial charge >= 0.3 is 6.18 Å². The highest BCUT2D eigenvalue weighted by Gasteiger charge is 2.30. The van der Waals surface area contributed by atoms with Gasteiger partial charge < -0.3 is 0 Å². The van der Waals surface area contributed by atoms with Gasteiger partial charge in [-0.3, -0.25) is 15.1 Å². The summed E-state index contributed by atoms with van der Waals surface area (Å²) in [4.78, 5) is 23.7. The molecule has 2 aromatic heterocycles. The van der Waals surface area contributed by atoms with Crippen molar-refractivity contribution in [2.45, 2.75) is 13.1 Å². The normalized spacial score (nSPS) is 11.4. The average Bonchev–Trinajstić information content (AvgIpc) is 2.78. The van der Waals surface area contributed by atoms with E-state index in [0.717, 1.165) is 12.1 Å². The summed E-state index contributed by atoms with van der Waals surface area (Å²) >= 11 is 0. The van der Waals surface area contributed by atoms with Gasteiger partial charge in [0.05, 0.1) is 21.9 Å². The smallest absolute Gasteiger partial charge is 0.258 e. The number of nitrogens with zero attached hydrogens (tertiary/aromatic N) is 4. The Morgan fingerprint density at radius 3 is 2.28 bits per heavy atom. The van der Waals surface area contributed by atoms with Crippen molar-refractivity contribution in [2.24, 2.45) is 0 Å². The molecule has 0 spiro atoms. The van der Waals surface area contributed by atoms with Crippen molar-refractivity contribution in [1.82, 2.24) is 15.0 Å². The Morgan fingerprint density at radius 1 is 0.844 bits per heavy atom. The van der Waals surface area contributed by atoms with E-state index < -0.39 is 16.7 Å². The van der Waals surface area contributed by atoms with Gasteiger partial charge in [0, 0.05) is 29.6 Å². The lowest BCUT2D eigenvalue weighted by atomic mass is 10.0. The lowest BCUT2D eigenvalue weighted by Gasteiger charge is -2.10. The minimum absolute atomic E-state index is 0.0743. The van der Waals surface area contributed by atoms with Crippen LogP contribution in [-0.2, 0) is 6.18 Å². The molecule has 0 bridgehead atoms. The zero-order valence-corrected chi connectivity index (χ0v) is 16.7. The first-order valence-electron chi connectivity index (χ1n) is 9.45. The van der Waals surface area contributed by atoms with Crippen LogP contribution in [0.2, 0.25) is 0 Å². The Bertz CT molecular complexity index is 1310. The molecule has 0 unspecified atom stereocenters. The third-order valence-electron chi connectivity index (χ3n) is 4.73. The number of pyridine rings is 1.